The number of thioether (sulfide) groups is 1. The lowest BCUT2D eigenvalue weighted by Crippen LogP contribution is -2.49. The quantitative estimate of drug-likeness (QED) is 0.512. The Morgan fingerprint density at radius 1 is 1.00 bits per heavy atom. The number of fused-ring (bicyclic) bond motifs is 1. The number of amides is 1. The van der Waals surface area contributed by atoms with Crippen LogP contribution in [0.1, 0.15) is 0 Å². The Hall–Kier alpha value is -3.21. The third-order valence-electron chi connectivity index (χ3n) is 5.83. The maximum Gasteiger partial charge on any atom is 0.332 e. The summed E-state index contributed by atoms with van der Waals surface area (Å²) in [6, 6.07) is 7.91. The van der Waals surface area contributed by atoms with Gasteiger partial charge in [0, 0.05) is 53.0 Å². The summed E-state index contributed by atoms with van der Waals surface area (Å²) >= 11 is 1.27. The van der Waals surface area contributed by atoms with Crippen LogP contribution in [0.2, 0.25) is 0 Å². The monoisotopic (exact) mass is 458 g/mol. The molecule has 0 aliphatic carbocycles. The van der Waals surface area contributed by atoms with Gasteiger partial charge in [-0.2, -0.15) is 0 Å². The molecule has 1 fully saturated rings. The smallest absolute Gasteiger partial charge is 0.332 e. The zero-order valence-corrected chi connectivity index (χ0v) is 19.4. The average molecular weight is 459 g/mol. The fraction of sp³-hybridized carbons (Fsp3) is 0.429. The van der Waals surface area contributed by atoms with E-state index in [4.69, 9.17) is 4.74 Å². The molecule has 3 heterocycles. The highest BCUT2D eigenvalue weighted by Crippen LogP contribution is 2.23. The second kappa shape index (κ2) is 8.73. The first-order chi connectivity index (χ1) is 15.3. The molecule has 2 aromatic heterocycles. The number of aryl methyl sites for hydroxylation is 2. The molecular weight excluding hydrogens is 432 g/mol. The van der Waals surface area contributed by atoms with Crippen molar-refractivity contribution in [3.8, 4) is 5.75 Å². The number of methoxy groups -OCH3 is 1. The van der Waals surface area contributed by atoms with Gasteiger partial charge in [0.1, 0.15) is 5.75 Å². The zero-order chi connectivity index (χ0) is 23.0. The third kappa shape index (κ3) is 3.88. The van der Waals surface area contributed by atoms with Gasteiger partial charge in [-0.1, -0.05) is 11.8 Å². The van der Waals surface area contributed by atoms with Crippen LogP contribution in [0.25, 0.3) is 11.2 Å². The summed E-state index contributed by atoms with van der Waals surface area (Å²) in [5.41, 5.74) is 0.953. The van der Waals surface area contributed by atoms with Crippen molar-refractivity contribution in [2.24, 2.45) is 21.1 Å². The van der Waals surface area contributed by atoms with Crippen molar-refractivity contribution >= 4 is 34.5 Å². The van der Waals surface area contributed by atoms with Crippen molar-refractivity contribution in [2.45, 2.75) is 5.16 Å². The fourth-order valence-electron chi connectivity index (χ4n) is 3.85. The lowest BCUT2D eigenvalue weighted by Gasteiger charge is -2.36. The summed E-state index contributed by atoms with van der Waals surface area (Å²) in [7, 11) is 6.39. The normalized spacial score (nSPS) is 14.2. The van der Waals surface area contributed by atoms with Crippen molar-refractivity contribution in [1.29, 1.82) is 0 Å². The van der Waals surface area contributed by atoms with Gasteiger partial charge in [0.25, 0.3) is 5.56 Å². The number of rotatable bonds is 5. The number of ether oxygens (including phenoxy) is 1. The molecule has 1 saturated heterocycles. The van der Waals surface area contributed by atoms with E-state index in [0.29, 0.717) is 29.4 Å². The fourth-order valence-corrected chi connectivity index (χ4v) is 4.72. The number of hydrogen-bond donors (Lipinski definition) is 0. The minimum atomic E-state index is -0.428. The average Bonchev–Trinajstić information content (AvgIpc) is 3.16. The van der Waals surface area contributed by atoms with Crippen molar-refractivity contribution in [2.75, 3.05) is 43.9 Å². The topological polar surface area (TPSA) is 94.6 Å². The Bertz CT molecular complexity index is 1270. The number of piperazine rings is 1. The predicted molar refractivity (Wildman–Crippen MR) is 124 cm³/mol. The second-order valence-electron chi connectivity index (χ2n) is 7.69. The van der Waals surface area contributed by atoms with Crippen molar-refractivity contribution in [3.63, 3.8) is 0 Å². The molecule has 1 aliphatic rings. The summed E-state index contributed by atoms with van der Waals surface area (Å²) in [6.07, 6.45) is 0. The SMILES string of the molecule is COc1ccc(N2CCN(C(=O)CSc3nc4c(c(=O)n(C)c(=O)n4C)n3C)CC2)cc1. The highest BCUT2D eigenvalue weighted by atomic mass is 32.2. The van der Waals surface area contributed by atoms with Gasteiger partial charge in [-0.25, -0.2) is 9.78 Å². The van der Waals surface area contributed by atoms with Crippen molar-refractivity contribution < 1.29 is 9.53 Å². The van der Waals surface area contributed by atoms with E-state index in [2.05, 4.69) is 9.88 Å². The molecule has 10 nitrogen and oxygen atoms in total. The molecule has 0 N–H and O–H groups in total. The van der Waals surface area contributed by atoms with Crippen LogP contribution in [0.3, 0.4) is 0 Å². The molecule has 1 amide bonds. The molecule has 170 valence electrons. The van der Waals surface area contributed by atoms with Crippen LogP contribution < -0.4 is 20.9 Å². The van der Waals surface area contributed by atoms with Crippen LogP contribution in [-0.4, -0.2) is 68.5 Å². The highest BCUT2D eigenvalue weighted by Gasteiger charge is 2.23. The Morgan fingerprint density at radius 3 is 2.28 bits per heavy atom. The summed E-state index contributed by atoms with van der Waals surface area (Å²) in [5.74, 6) is 1.06. The van der Waals surface area contributed by atoms with Gasteiger partial charge < -0.3 is 19.1 Å². The molecule has 4 rings (SSSR count). The largest absolute Gasteiger partial charge is 0.497 e. The highest BCUT2D eigenvalue weighted by molar-refractivity contribution is 7.99. The number of aromatic nitrogens is 4. The number of carbonyl (C=O) groups is 1. The molecule has 11 heteroatoms. The predicted octanol–water partition coefficient (Wildman–Crippen LogP) is 0.420. The van der Waals surface area contributed by atoms with E-state index in [-0.39, 0.29) is 11.7 Å². The van der Waals surface area contributed by atoms with E-state index in [9.17, 15) is 14.4 Å². The van der Waals surface area contributed by atoms with Gasteiger partial charge in [-0.05, 0) is 24.3 Å². The molecule has 0 spiro atoms. The summed E-state index contributed by atoms with van der Waals surface area (Å²) < 4.78 is 9.26. The molecule has 3 aromatic rings. The maximum absolute atomic E-state index is 12.8. The Balaban J connectivity index is 1.40. The van der Waals surface area contributed by atoms with Crippen molar-refractivity contribution in [3.05, 3.63) is 45.1 Å². The number of anilines is 1. The standard InChI is InChI=1S/C21H26N6O4S/c1-23-17-18(24(2)21(30)25(3)19(17)29)22-20(23)32-13-16(28)27-11-9-26(10-12-27)14-5-7-15(31-4)8-6-14/h5-8H,9-13H2,1-4H3. The van der Waals surface area contributed by atoms with Gasteiger partial charge in [-0.3, -0.25) is 18.7 Å². The number of imidazole rings is 1. The van der Waals surface area contributed by atoms with E-state index in [1.165, 1.54) is 23.4 Å². The van der Waals surface area contributed by atoms with Gasteiger partial charge in [0.2, 0.25) is 5.91 Å². The molecule has 0 bridgehead atoms. The third-order valence-corrected chi connectivity index (χ3v) is 6.84. The van der Waals surface area contributed by atoms with E-state index in [1.54, 1.807) is 25.8 Å². The Morgan fingerprint density at radius 2 is 1.66 bits per heavy atom. The van der Waals surface area contributed by atoms with E-state index >= 15 is 0 Å². The molecular formula is C21H26N6O4S. The Labute approximate surface area is 189 Å². The minimum Gasteiger partial charge on any atom is -0.497 e. The number of nitrogens with zero attached hydrogens (tertiary/aromatic N) is 6. The van der Waals surface area contributed by atoms with Gasteiger partial charge >= 0.3 is 5.69 Å². The molecule has 1 aliphatic heterocycles. The summed E-state index contributed by atoms with van der Waals surface area (Å²) in [5, 5.41) is 0.531. The number of benzene rings is 1. The molecule has 0 radical (unpaired) electrons. The van der Waals surface area contributed by atoms with Gasteiger partial charge in [0.05, 0.1) is 12.9 Å². The molecule has 1 aromatic carbocycles. The first-order valence-corrected chi connectivity index (χ1v) is 11.2. The maximum atomic E-state index is 12.8. The van der Waals surface area contributed by atoms with Crippen LogP contribution >= 0.6 is 11.8 Å². The zero-order valence-electron chi connectivity index (χ0n) is 18.6. The first kappa shape index (κ1) is 22.0. The second-order valence-corrected chi connectivity index (χ2v) is 8.63. The lowest BCUT2D eigenvalue weighted by molar-refractivity contribution is -0.128. The number of carbonyl (C=O) groups excluding carboxylic acids is 1. The molecule has 0 atom stereocenters. The Kier molecular flexibility index (Phi) is 6.00. The molecule has 0 saturated carbocycles. The summed E-state index contributed by atoms with van der Waals surface area (Å²) in [4.78, 5) is 46.0. The lowest BCUT2D eigenvalue weighted by atomic mass is 10.2. The van der Waals surface area contributed by atoms with Crippen LogP contribution in [-0.2, 0) is 25.9 Å². The number of hydrogen-bond acceptors (Lipinski definition) is 7. The van der Waals surface area contributed by atoms with E-state index in [0.717, 1.165) is 29.1 Å². The van der Waals surface area contributed by atoms with Crippen LogP contribution in [0.15, 0.2) is 39.0 Å². The van der Waals surface area contributed by atoms with Crippen molar-refractivity contribution in [1.82, 2.24) is 23.6 Å². The molecule has 32 heavy (non-hydrogen) atoms. The van der Waals surface area contributed by atoms with Crippen LogP contribution in [0, 0.1) is 0 Å². The molecule has 0 unspecified atom stereocenters. The van der Waals surface area contributed by atoms with E-state index in [1.807, 2.05) is 29.2 Å². The van der Waals surface area contributed by atoms with E-state index < -0.39 is 11.2 Å². The first-order valence-electron chi connectivity index (χ1n) is 10.2. The summed E-state index contributed by atoms with van der Waals surface area (Å²) in [6.45, 7) is 2.80. The minimum absolute atomic E-state index is 0.0261. The van der Waals surface area contributed by atoms with Gasteiger partial charge in [0.15, 0.2) is 16.3 Å². The van der Waals surface area contributed by atoms with Crippen LogP contribution in [0.4, 0.5) is 5.69 Å². The van der Waals surface area contributed by atoms with Crippen LogP contribution in [0.5, 0.6) is 5.75 Å². The van der Waals surface area contributed by atoms with Gasteiger partial charge in [-0.15, -0.1) is 0 Å².